The fourth-order valence-electron chi connectivity index (χ4n) is 7.13. The van der Waals surface area contributed by atoms with Crippen molar-refractivity contribution in [2.24, 2.45) is 5.92 Å². The van der Waals surface area contributed by atoms with Crippen LogP contribution in [0.3, 0.4) is 0 Å². The topological polar surface area (TPSA) is 71.1 Å². The van der Waals surface area contributed by atoms with Crippen molar-refractivity contribution >= 4 is 11.8 Å². The highest BCUT2D eigenvalue weighted by Crippen LogP contribution is 2.48. The predicted octanol–water partition coefficient (Wildman–Crippen LogP) is 5.66. The van der Waals surface area contributed by atoms with Gasteiger partial charge in [0.1, 0.15) is 0 Å². The first-order valence-corrected chi connectivity index (χ1v) is 15.8. The molecule has 7 heteroatoms. The first-order chi connectivity index (χ1) is 21.0. The van der Waals surface area contributed by atoms with Gasteiger partial charge in [-0.25, -0.2) is 0 Å². The molecule has 7 nitrogen and oxygen atoms in total. The smallest absolute Gasteiger partial charge is 0.254 e. The second-order valence-corrected chi connectivity index (χ2v) is 12.1. The summed E-state index contributed by atoms with van der Waals surface area (Å²) in [4.78, 5) is 32.3. The number of carbonyl (C=O) groups is 2. The van der Waals surface area contributed by atoms with Crippen LogP contribution in [0.2, 0.25) is 0 Å². The molecule has 2 atom stereocenters. The second-order valence-electron chi connectivity index (χ2n) is 12.1. The molecule has 3 heterocycles. The summed E-state index contributed by atoms with van der Waals surface area (Å²) in [6, 6.07) is 20.0. The summed E-state index contributed by atoms with van der Waals surface area (Å²) in [5.41, 5.74) is 6.17. The molecule has 3 aromatic carbocycles. The van der Waals surface area contributed by atoms with Crippen molar-refractivity contribution < 1.29 is 19.1 Å². The number of benzene rings is 3. The molecule has 1 saturated heterocycles. The van der Waals surface area contributed by atoms with Crippen molar-refractivity contribution in [3.63, 3.8) is 0 Å². The first kappa shape index (κ1) is 29.2. The lowest BCUT2D eigenvalue weighted by molar-refractivity contribution is -0.124. The Bertz CT molecular complexity index is 1480. The van der Waals surface area contributed by atoms with Crippen LogP contribution < -0.4 is 14.8 Å². The monoisotopic (exact) mass is 581 g/mol. The maximum atomic E-state index is 14.2. The minimum atomic E-state index is -0.498. The number of carbonyl (C=O) groups excluding carboxylic acids is 2. The molecule has 2 unspecified atom stereocenters. The molecule has 3 aliphatic rings. The number of hydrogen-bond acceptors (Lipinski definition) is 5. The molecule has 2 amide bonds. The molecule has 0 saturated carbocycles. The Morgan fingerprint density at radius 3 is 2.40 bits per heavy atom. The van der Waals surface area contributed by atoms with Crippen LogP contribution in [-0.2, 0) is 17.8 Å². The van der Waals surface area contributed by atoms with Crippen LogP contribution in [-0.4, -0.2) is 61.0 Å². The Kier molecular flexibility index (Phi) is 8.70. The number of fused-ring (bicyclic) bond motifs is 4. The number of aryl methyl sites for hydroxylation is 1. The van der Waals surface area contributed by atoms with Gasteiger partial charge in [0, 0.05) is 25.2 Å². The molecule has 0 bridgehead atoms. The highest BCUT2D eigenvalue weighted by Gasteiger charge is 2.46. The zero-order valence-electron chi connectivity index (χ0n) is 25.6. The number of nitrogens with zero attached hydrogens (tertiary/aromatic N) is 2. The zero-order chi connectivity index (χ0) is 29.9. The van der Waals surface area contributed by atoms with E-state index in [1.54, 1.807) is 0 Å². The Morgan fingerprint density at radius 1 is 0.907 bits per heavy atom. The van der Waals surface area contributed by atoms with Crippen molar-refractivity contribution in [1.29, 1.82) is 0 Å². The summed E-state index contributed by atoms with van der Waals surface area (Å²) < 4.78 is 11.9. The van der Waals surface area contributed by atoms with E-state index in [2.05, 4.69) is 41.4 Å². The van der Waals surface area contributed by atoms with Crippen LogP contribution in [0.15, 0.2) is 60.7 Å². The third-order valence-corrected chi connectivity index (χ3v) is 9.23. The first-order valence-electron chi connectivity index (χ1n) is 15.8. The normalized spacial score (nSPS) is 20.2. The minimum absolute atomic E-state index is 0.0110. The number of rotatable bonds is 9. The summed E-state index contributed by atoms with van der Waals surface area (Å²) in [5, 5.41) is 3.33. The lowest BCUT2D eigenvalue weighted by atomic mass is 9.75. The third kappa shape index (κ3) is 6.00. The van der Waals surface area contributed by atoms with Crippen molar-refractivity contribution in [1.82, 2.24) is 15.1 Å². The lowest BCUT2D eigenvalue weighted by Gasteiger charge is -2.45. The molecule has 0 spiro atoms. The van der Waals surface area contributed by atoms with E-state index in [1.807, 2.05) is 55.1 Å². The zero-order valence-corrected chi connectivity index (χ0v) is 25.6. The molecule has 226 valence electrons. The molecular formula is C36H43N3O4. The van der Waals surface area contributed by atoms with Gasteiger partial charge in [0.25, 0.3) is 5.91 Å². The molecule has 6 rings (SSSR count). The summed E-state index contributed by atoms with van der Waals surface area (Å²) in [6.07, 6.45) is 2.83. The number of amides is 2. The Labute approximate surface area is 255 Å². The number of hydrogen-bond donors (Lipinski definition) is 1. The maximum absolute atomic E-state index is 14.2. The van der Waals surface area contributed by atoms with Crippen LogP contribution >= 0.6 is 0 Å². The van der Waals surface area contributed by atoms with Gasteiger partial charge < -0.3 is 19.7 Å². The van der Waals surface area contributed by atoms with E-state index in [1.165, 1.54) is 11.1 Å². The van der Waals surface area contributed by atoms with Gasteiger partial charge in [-0.05, 0) is 99.5 Å². The van der Waals surface area contributed by atoms with Gasteiger partial charge in [0.2, 0.25) is 5.91 Å². The van der Waals surface area contributed by atoms with Crippen LogP contribution in [0.5, 0.6) is 11.5 Å². The molecular weight excluding hydrogens is 538 g/mol. The quantitative estimate of drug-likeness (QED) is 0.353. The maximum Gasteiger partial charge on any atom is 0.254 e. The molecule has 0 aromatic heterocycles. The molecule has 3 aliphatic heterocycles. The number of ether oxygens (including phenoxy) is 2. The van der Waals surface area contributed by atoms with Gasteiger partial charge in [-0.15, -0.1) is 0 Å². The predicted molar refractivity (Wildman–Crippen MR) is 168 cm³/mol. The van der Waals surface area contributed by atoms with Gasteiger partial charge >= 0.3 is 0 Å². The van der Waals surface area contributed by atoms with Crippen molar-refractivity contribution in [2.75, 3.05) is 39.4 Å². The second kappa shape index (κ2) is 12.8. The molecule has 1 fully saturated rings. The third-order valence-electron chi connectivity index (χ3n) is 9.23. The standard InChI is InChI=1S/C36H43N3O4/c1-4-42-31-20-27-15-18-39-34(30(27)21-32(31)43-5-2)33(28-11-6-7-12-29(28)36(39)41)35(40)37-22-25-13-16-38(17-14-25)23-26-10-8-9-24(3)19-26/h6-12,19-21,25,33-34H,4-5,13-18,22-23H2,1-3H3,(H,37,40). The van der Waals surface area contributed by atoms with E-state index in [4.69, 9.17) is 9.47 Å². The van der Waals surface area contributed by atoms with Gasteiger partial charge in [-0.2, -0.15) is 0 Å². The molecule has 0 radical (unpaired) electrons. The fourth-order valence-corrected chi connectivity index (χ4v) is 7.13. The Hall–Kier alpha value is -3.84. The fraction of sp³-hybridized carbons (Fsp3) is 0.444. The average molecular weight is 582 g/mol. The van der Waals surface area contributed by atoms with Gasteiger partial charge in [-0.3, -0.25) is 14.5 Å². The highest BCUT2D eigenvalue weighted by atomic mass is 16.5. The van der Waals surface area contributed by atoms with Crippen LogP contribution in [0, 0.1) is 12.8 Å². The SMILES string of the molecule is CCOc1cc2c(cc1OCC)C1C(C(=O)NCC3CCN(Cc4cccc(C)c4)CC3)c3ccccc3C(=O)N1CC2. The number of piperidine rings is 1. The van der Waals surface area contributed by atoms with E-state index in [0.29, 0.717) is 55.7 Å². The van der Waals surface area contributed by atoms with E-state index in [0.717, 1.165) is 49.2 Å². The van der Waals surface area contributed by atoms with E-state index < -0.39 is 12.0 Å². The van der Waals surface area contributed by atoms with E-state index >= 15 is 0 Å². The van der Waals surface area contributed by atoms with Crippen LogP contribution in [0.4, 0.5) is 0 Å². The van der Waals surface area contributed by atoms with Gasteiger partial charge in [0.15, 0.2) is 11.5 Å². The summed E-state index contributed by atoms with van der Waals surface area (Å²) in [5.74, 6) is 1.29. The van der Waals surface area contributed by atoms with Crippen molar-refractivity contribution in [2.45, 2.75) is 58.5 Å². The number of likely N-dealkylation sites (tertiary alicyclic amines) is 1. The summed E-state index contributed by atoms with van der Waals surface area (Å²) in [6.45, 7) is 11.3. The van der Waals surface area contributed by atoms with Crippen molar-refractivity contribution in [3.8, 4) is 11.5 Å². The van der Waals surface area contributed by atoms with Crippen LogP contribution in [0.1, 0.15) is 76.8 Å². The minimum Gasteiger partial charge on any atom is -0.490 e. The van der Waals surface area contributed by atoms with E-state index in [9.17, 15) is 9.59 Å². The Balaban J connectivity index is 1.21. The Morgan fingerprint density at radius 2 is 1.65 bits per heavy atom. The van der Waals surface area contributed by atoms with Crippen LogP contribution in [0.25, 0.3) is 0 Å². The molecule has 1 N–H and O–H groups in total. The summed E-state index contributed by atoms with van der Waals surface area (Å²) >= 11 is 0. The molecule has 0 aliphatic carbocycles. The lowest BCUT2D eigenvalue weighted by Crippen LogP contribution is -2.50. The van der Waals surface area contributed by atoms with Crippen molar-refractivity contribution in [3.05, 3.63) is 94.0 Å². The summed E-state index contributed by atoms with van der Waals surface area (Å²) in [7, 11) is 0. The largest absolute Gasteiger partial charge is 0.490 e. The van der Waals surface area contributed by atoms with E-state index in [-0.39, 0.29) is 11.8 Å². The molecule has 3 aromatic rings. The van der Waals surface area contributed by atoms with Gasteiger partial charge in [-0.1, -0.05) is 48.0 Å². The molecule has 43 heavy (non-hydrogen) atoms. The number of nitrogens with one attached hydrogen (secondary N) is 1. The van der Waals surface area contributed by atoms with Gasteiger partial charge in [0.05, 0.1) is 25.2 Å². The highest BCUT2D eigenvalue weighted by molar-refractivity contribution is 6.01. The average Bonchev–Trinajstić information content (AvgIpc) is 3.01.